The fourth-order valence-corrected chi connectivity index (χ4v) is 3.09. The first-order valence-corrected chi connectivity index (χ1v) is 10.0. The topological polar surface area (TPSA) is 213 Å². The van der Waals surface area contributed by atoms with Crippen LogP contribution in [-0.4, -0.2) is 92.9 Å². The third kappa shape index (κ3) is 6.92. The molecule has 35 heavy (non-hydrogen) atoms. The highest BCUT2D eigenvalue weighted by molar-refractivity contribution is 5.97. The van der Waals surface area contributed by atoms with E-state index in [4.69, 9.17) is 20.4 Å². The quantitative estimate of drug-likeness (QED) is 0.184. The molecule has 0 aliphatic carbocycles. The summed E-state index contributed by atoms with van der Waals surface area (Å²) in [5.41, 5.74) is 0.835. The number of rotatable bonds is 13. The normalized spacial score (nSPS) is 11.1. The van der Waals surface area contributed by atoms with Gasteiger partial charge in [-0.15, -0.1) is 0 Å². The summed E-state index contributed by atoms with van der Waals surface area (Å²) < 4.78 is 2.86. The van der Waals surface area contributed by atoms with Crippen molar-refractivity contribution in [3.8, 4) is 11.6 Å². The first-order valence-electron chi connectivity index (χ1n) is 10.0. The Morgan fingerprint density at radius 2 is 1.34 bits per heavy atom. The number of hydrogen-bond acceptors (Lipinski definition) is 9. The largest absolute Gasteiger partial charge is 0.480 e. The molecule has 0 unspecified atom stereocenters. The molecule has 0 radical (unpaired) electrons. The van der Waals surface area contributed by atoms with Gasteiger partial charge in [0.1, 0.15) is 0 Å². The predicted octanol–water partition coefficient (Wildman–Crippen LogP) is -0.948. The average molecular weight is 487 g/mol. The summed E-state index contributed by atoms with van der Waals surface area (Å²) in [5.74, 6) is -4.54. The van der Waals surface area contributed by atoms with Crippen molar-refractivity contribution in [2.75, 3.05) is 13.1 Å². The van der Waals surface area contributed by atoms with Gasteiger partial charge in [-0.1, -0.05) is 6.07 Å². The van der Waals surface area contributed by atoms with Gasteiger partial charge in [-0.05, 0) is 24.3 Å². The molecule has 3 heterocycles. The Bertz CT molecular complexity index is 1210. The number of hydrogen-bond donors (Lipinski definition) is 5. The van der Waals surface area contributed by atoms with Crippen molar-refractivity contribution in [1.29, 1.82) is 0 Å². The molecule has 15 nitrogen and oxygen atoms in total. The molecular weight excluding hydrogens is 466 g/mol. The van der Waals surface area contributed by atoms with E-state index in [1.807, 2.05) is 0 Å². The van der Waals surface area contributed by atoms with Crippen LogP contribution >= 0.6 is 0 Å². The van der Waals surface area contributed by atoms with Crippen LogP contribution in [0.25, 0.3) is 11.6 Å². The summed E-state index contributed by atoms with van der Waals surface area (Å²) in [6, 6.07) is 6.46. The van der Waals surface area contributed by atoms with Crippen molar-refractivity contribution < 1.29 is 39.6 Å². The van der Waals surface area contributed by atoms with Crippen LogP contribution in [0.4, 0.5) is 0 Å². The number of nitrogens with zero attached hydrogens (tertiary/aromatic N) is 6. The number of aliphatic carboxylic acids is 4. The summed E-state index contributed by atoms with van der Waals surface area (Å²) >= 11 is 0. The first kappa shape index (κ1) is 25.0. The number of pyridine rings is 1. The van der Waals surface area contributed by atoms with Gasteiger partial charge in [-0.3, -0.25) is 19.8 Å². The molecule has 0 bridgehead atoms. The van der Waals surface area contributed by atoms with E-state index in [-0.39, 0.29) is 13.1 Å². The van der Waals surface area contributed by atoms with E-state index in [1.54, 1.807) is 42.7 Å². The zero-order chi connectivity index (χ0) is 25.5. The lowest BCUT2D eigenvalue weighted by Crippen LogP contribution is -2.42. The van der Waals surface area contributed by atoms with Gasteiger partial charge in [0.15, 0.2) is 11.6 Å². The van der Waals surface area contributed by atoms with Gasteiger partial charge < -0.3 is 20.4 Å². The van der Waals surface area contributed by atoms with Gasteiger partial charge in [0.05, 0.1) is 24.5 Å². The maximum absolute atomic E-state index is 11.0. The molecule has 0 aliphatic heterocycles. The van der Waals surface area contributed by atoms with Crippen molar-refractivity contribution in [3.63, 3.8) is 0 Å². The van der Waals surface area contributed by atoms with Crippen LogP contribution in [0, 0.1) is 0 Å². The zero-order valence-electron chi connectivity index (χ0n) is 18.1. The lowest BCUT2D eigenvalue weighted by atomic mass is 10.3. The molecule has 0 saturated heterocycles. The number of aromatic nitrogens is 5. The first-order chi connectivity index (χ1) is 16.6. The molecule has 0 aromatic carbocycles. The minimum atomic E-state index is -1.77. The molecule has 3 rings (SSSR count). The minimum Gasteiger partial charge on any atom is -0.480 e. The highest BCUT2D eigenvalue weighted by Crippen LogP contribution is 2.11. The number of carboxylic acids is 4. The van der Waals surface area contributed by atoms with Crippen LogP contribution in [0.2, 0.25) is 0 Å². The van der Waals surface area contributed by atoms with Crippen molar-refractivity contribution in [2.45, 2.75) is 19.1 Å². The maximum atomic E-state index is 11.0. The van der Waals surface area contributed by atoms with Crippen molar-refractivity contribution >= 4 is 23.9 Å². The number of carboxylic acid groups (broad SMARTS) is 4. The van der Waals surface area contributed by atoms with E-state index in [0.29, 0.717) is 23.0 Å². The van der Waals surface area contributed by atoms with E-state index >= 15 is 0 Å². The summed E-state index contributed by atoms with van der Waals surface area (Å²) in [5, 5.41) is 46.8. The highest BCUT2D eigenvalue weighted by atomic mass is 16.4. The van der Waals surface area contributed by atoms with E-state index in [2.05, 4.69) is 20.5 Å². The molecule has 5 N–H and O–H groups in total. The van der Waals surface area contributed by atoms with E-state index in [9.17, 15) is 19.2 Å². The van der Waals surface area contributed by atoms with E-state index < -0.39 is 43.0 Å². The molecule has 0 aliphatic rings. The van der Waals surface area contributed by atoms with Crippen LogP contribution in [-0.2, 0) is 32.3 Å². The predicted molar refractivity (Wildman–Crippen MR) is 115 cm³/mol. The van der Waals surface area contributed by atoms with Gasteiger partial charge in [-0.2, -0.15) is 10.2 Å². The summed E-state index contributed by atoms with van der Waals surface area (Å²) in [6.45, 7) is -0.998. The van der Waals surface area contributed by atoms with E-state index in [0.717, 1.165) is 0 Å². The fourth-order valence-electron chi connectivity index (χ4n) is 3.09. The lowest BCUT2D eigenvalue weighted by Gasteiger charge is -2.16. The third-order valence-corrected chi connectivity index (χ3v) is 4.56. The van der Waals surface area contributed by atoms with Crippen LogP contribution in [0.1, 0.15) is 11.4 Å². The van der Waals surface area contributed by atoms with Crippen molar-refractivity contribution in [2.24, 2.45) is 0 Å². The second-order valence-corrected chi connectivity index (χ2v) is 7.28. The molecule has 3 aromatic rings. The smallest absolute Gasteiger partial charge is 0.332 e. The number of nitrogens with one attached hydrogen (secondary N) is 1. The number of carbonyl (C=O) groups is 4. The second kappa shape index (κ2) is 11.0. The lowest BCUT2D eigenvalue weighted by molar-refractivity contribution is -0.151. The Kier molecular flexibility index (Phi) is 7.85. The standard InChI is InChI=1S/C20H21N7O8/c28-16(29)10-25(11-17(30)31)9-13-5-7-27(24-13)15-3-1-2-14(22-15)26-6-4-12(23-26)8-21-18(19(32)33)20(34)35/h1-7,18,21H,8-11H2,(H,28,29)(H,30,31)(H,32,33)(H,34,35). The van der Waals surface area contributed by atoms with Crippen LogP contribution in [0.3, 0.4) is 0 Å². The monoisotopic (exact) mass is 487 g/mol. The second-order valence-electron chi connectivity index (χ2n) is 7.28. The van der Waals surface area contributed by atoms with Crippen LogP contribution < -0.4 is 5.32 Å². The molecular formula is C20H21N7O8. The Labute approximate surface area is 196 Å². The Hall–Kier alpha value is -4.63. The molecule has 3 aromatic heterocycles. The Morgan fingerprint density at radius 3 is 1.86 bits per heavy atom. The van der Waals surface area contributed by atoms with Gasteiger partial charge in [0, 0.05) is 25.5 Å². The average Bonchev–Trinajstić information content (AvgIpc) is 3.42. The van der Waals surface area contributed by atoms with Gasteiger partial charge in [0.25, 0.3) is 0 Å². The maximum Gasteiger partial charge on any atom is 0.332 e. The van der Waals surface area contributed by atoms with Gasteiger partial charge in [0.2, 0.25) is 6.04 Å². The van der Waals surface area contributed by atoms with Crippen molar-refractivity contribution in [3.05, 3.63) is 54.1 Å². The molecule has 0 fully saturated rings. The molecule has 0 amide bonds. The summed E-state index contributed by atoms with van der Waals surface area (Å²) in [7, 11) is 0. The molecule has 184 valence electrons. The molecule has 15 heteroatoms. The van der Waals surface area contributed by atoms with Crippen LogP contribution in [0.15, 0.2) is 42.7 Å². The summed E-state index contributed by atoms with van der Waals surface area (Å²) in [4.78, 5) is 49.6. The van der Waals surface area contributed by atoms with Gasteiger partial charge in [-0.25, -0.2) is 23.9 Å². The Morgan fingerprint density at radius 1 is 0.829 bits per heavy atom. The highest BCUT2D eigenvalue weighted by Gasteiger charge is 2.25. The third-order valence-electron chi connectivity index (χ3n) is 4.56. The Balaban J connectivity index is 1.72. The molecule has 0 saturated carbocycles. The molecule has 0 spiro atoms. The summed E-state index contributed by atoms with van der Waals surface area (Å²) in [6.07, 6.45) is 3.17. The zero-order valence-corrected chi connectivity index (χ0v) is 18.1. The SMILES string of the molecule is O=C(O)CN(CC(=O)O)Cc1ccn(-c2cccc(-n3ccc(CNC(C(=O)O)C(=O)O)n3)n2)n1. The molecule has 0 atom stereocenters. The fraction of sp³-hybridized carbons (Fsp3) is 0.250. The van der Waals surface area contributed by atoms with Crippen molar-refractivity contribution in [1.82, 2.24) is 34.8 Å². The van der Waals surface area contributed by atoms with Gasteiger partial charge >= 0.3 is 23.9 Å². The van der Waals surface area contributed by atoms with Crippen LogP contribution in [0.5, 0.6) is 0 Å². The minimum absolute atomic E-state index is 0.00842. The van der Waals surface area contributed by atoms with E-state index in [1.165, 1.54) is 14.3 Å².